The predicted molar refractivity (Wildman–Crippen MR) is 144 cm³/mol. The summed E-state index contributed by atoms with van der Waals surface area (Å²) in [6, 6.07) is 15.5. The molecule has 0 spiro atoms. The van der Waals surface area contributed by atoms with Crippen LogP contribution in [0.25, 0.3) is 9.81 Å². The van der Waals surface area contributed by atoms with Gasteiger partial charge >= 0.3 is 0 Å². The molecule has 0 aliphatic carbocycles. The summed E-state index contributed by atoms with van der Waals surface area (Å²) in [6.45, 7) is 2.15. The maximum atomic E-state index is 13.2. The minimum Gasteiger partial charge on any atom is -0.282 e. The molecule has 2 aromatic rings. The van der Waals surface area contributed by atoms with Crippen molar-refractivity contribution in [3.05, 3.63) is 71.8 Å². The van der Waals surface area contributed by atoms with Crippen LogP contribution < -0.4 is 0 Å². The Hall–Kier alpha value is -1.000. The van der Waals surface area contributed by atoms with E-state index in [0.29, 0.717) is 6.42 Å². The van der Waals surface area contributed by atoms with Crippen LogP contribution in [0.2, 0.25) is 0 Å². The fourth-order valence-corrected chi connectivity index (χ4v) is 6.42. The molecular formula is C26H36NaO6S2. The number of benzene rings is 2. The van der Waals surface area contributed by atoms with E-state index in [9.17, 15) is 21.4 Å². The molecule has 0 fully saturated rings. The summed E-state index contributed by atoms with van der Waals surface area (Å²) in [5.74, 6) is 0. The third kappa shape index (κ3) is 11.3. The normalized spacial score (nSPS) is 12.6. The number of hydrogen-bond donors (Lipinski definition) is 1. The Bertz CT molecular complexity index is 1100. The zero-order valence-corrected chi connectivity index (χ0v) is 24.5. The molecule has 0 amide bonds. The first kappa shape index (κ1) is 32.0. The minimum absolute atomic E-state index is 0. The van der Waals surface area contributed by atoms with Gasteiger partial charge in [0.2, 0.25) is 0 Å². The van der Waals surface area contributed by atoms with Crippen LogP contribution >= 0.6 is 0 Å². The fourth-order valence-electron chi connectivity index (χ4n) is 3.78. The van der Waals surface area contributed by atoms with Crippen LogP contribution in [0.5, 0.6) is 0 Å². The van der Waals surface area contributed by atoms with Crippen molar-refractivity contribution in [2.45, 2.75) is 71.1 Å². The third-order valence-corrected chi connectivity index (χ3v) is 8.02. The molecule has 0 atom stereocenters. The van der Waals surface area contributed by atoms with E-state index in [1.165, 1.54) is 62.8 Å². The molecular weight excluding hydrogens is 495 g/mol. The second-order valence-electron chi connectivity index (χ2n) is 8.32. The molecule has 0 aliphatic rings. The van der Waals surface area contributed by atoms with E-state index in [0.717, 1.165) is 19.3 Å². The van der Waals surface area contributed by atoms with E-state index in [2.05, 4.69) is 6.92 Å². The predicted octanol–water partition coefficient (Wildman–Crippen LogP) is 6.29. The molecule has 2 aromatic carbocycles. The molecule has 0 aliphatic heterocycles. The van der Waals surface area contributed by atoms with Gasteiger partial charge < -0.3 is 0 Å². The van der Waals surface area contributed by atoms with E-state index in [1.54, 1.807) is 36.4 Å². The van der Waals surface area contributed by atoms with Gasteiger partial charge in [0.25, 0.3) is 20.2 Å². The van der Waals surface area contributed by atoms with Gasteiger partial charge in [-0.2, -0.15) is 16.8 Å². The zero-order valence-electron chi connectivity index (χ0n) is 20.9. The van der Waals surface area contributed by atoms with Crippen LogP contribution in [0.4, 0.5) is 0 Å². The number of unbranched alkanes of at least 4 members (excludes halogenated alkanes) is 9. The topological polar surface area (TPSA) is 97.7 Å². The van der Waals surface area contributed by atoms with Crippen molar-refractivity contribution in [1.29, 1.82) is 0 Å². The molecule has 0 bridgehead atoms. The largest absolute Gasteiger partial charge is 0.299 e. The number of hydrogen-bond acceptors (Lipinski definition) is 5. The van der Waals surface area contributed by atoms with Gasteiger partial charge in [-0.05, 0) is 17.5 Å². The maximum Gasteiger partial charge on any atom is 0.299 e. The van der Waals surface area contributed by atoms with Crippen LogP contribution in [0.3, 0.4) is 0 Å². The molecule has 189 valence electrons. The molecule has 0 aromatic heterocycles. The van der Waals surface area contributed by atoms with E-state index in [1.807, 2.05) is 0 Å². The molecule has 0 heterocycles. The van der Waals surface area contributed by atoms with E-state index in [4.69, 9.17) is 4.18 Å². The second-order valence-corrected chi connectivity index (χ2v) is 11.2. The monoisotopic (exact) mass is 531 g/mol. The Morgan fingerprint density at radius 1 is 0.657 bits per heavy atom. The summed E-state index contributed by atoms with van der Waals surface area (Å²) in [5.41, 5.74) is 0.192. The molecule has 2 rings (SSSR count). The summed E-state index contributed by atoms with van der Waals surface area (Å²) < 4.78 is 66.3. The van der Waals surface area contributed by atoms with Crippen molar-refractivity contribution >= 4 is 59.6 Å². The van der Waals surface area contributed by atoms with Gasteiger partial charge in [-0.15, -0.1) is 0 Å². The zero-order chi connectivity index (χ0) is 24.9. The second kappa shape index (κ2) is 16.7. The molecule has 1 N–H and O–H groups in total. The summed E-state index contributed by atoms with van der Waals surface area (Å²) in [6.07, 6.45) is 11.0. The van der Waals surface area contributed by atoms with E-state index < -0.39 is 30.0 Å². The van der Waals surface area contributed by atoms with Gasteiger partial charge in [0.05, 0.1) is 6.61 Å². The standard InChI is InChI=1S/C26H36O6S2.Na/c1-2-3-4-5-6-7-8-9-10-17-22-32-34(30,31)26(24-20-15-12-16-21-24)25(33(27,28)29)23-18-13-11-14-19-23;/h11-16,18-21H,2-10,17,22H2,1H3,(H,27,28,29);. The Balaban J connectivity index is 0.00000612. The van der Waals surface area contributed by atoms with E-state index in [-0.39, 0.29) is 47.3 Å². The van der Waals surface area contributed by atoms with Crippen molar-refractivity contribution in [2.75, 3.05) is 6.61 Å². The average molecular weight is 532 g/mol. The smallest absolute Gasteiger partial charge is 0.282 e. The van der Waals surface area contributed by atoms with Gasteiger partial charge in [-0.25, -0.2) is 0 Å². The molecule has 6 nitrogen and oxygen atoms in total. The average Bonchev–Trinajstić information content (AvgIpc) is 2.81. The summed E-state index contributed by atoms with van der Waals surface area (Å²) in [7, 11) is -9.36. The quantitative estimate of drug-likeness (QED) is 0.0899. The molecule has 0 saturated carbocycles. The van der Waals surface area contributed by atoms with Gasteiger partial charge in [0.1, 0.15) is 9.81 Å². The Labute approximate surface area is 233 Å². The molecule has 1 radical (unpaired) electrons. The van der Waals surface area contributed by atoms with Crippen molar-refractivity contribution in [1.82, 2.24) is 0 Å². The Kier molecular flexibility index (Phi) is 15.3. The summed E-state index contributed by atoms with van der Waals surface area (Å²) in [5, 5.41) is 0. The SMILES string of the molecule is CCCCCCCCCCCCOS(=O)(=O)C(=C(c1ccccc1)S(=O)(=O)O)c1ccccc1.[Na]. The fraction of sp³-hybridized carbons (Fsp3) is 0.462. The van der Waals surface area contributed by atoms with Crippen LogP contribution in [0.1, 0.15) is 82.3 Å². The maximum absolute atomic E-state index is 13.2. The van der Waals surface area contributed by atoms with Crippen molar-refractivity contribution in [3.8, 4) is 0 Å². The van der Waals surface area contributed by atoms with Crippen LogP contribution in [0, 0.1) is 0 Å². The molecule has 0 unspecified atom stereocenters. The molecule has 35 heavy (non-hydrogen) atoms. The van der Waals surface area contributed by atoms with Crippen molar-refractivity contribution in [3.63, 3.8) is 0 Å². The van der Waals surface area contributed by atoms with Crippen LogP contribution in [-0.4, -0.2) is 57.6 Å². The third-order valence-electron chi connectivity index (χ3n) is 5.52. The summed E-state index contributed by atoms with van der Waals surface area (Å²) in [4.78, 5) is -1.25. The summed E-state index contributed by atoms with van der Waals surface area (Å²) >= 11 is 0. The van der Waals surface area contributed by atoms with Gasteiger partial charge in [0, 0.05) is 29.6 Å². The molecule has 9 heteroatoms. The van der Waals surface area contributed by atoms with Crippen LogP contribution in [-0.2, 0) is 24.4 Å². The number of rotatable bonds is 16. The van der Waals surface area contributed by atoms with Crippen LogP contribution in [0.15, 0.2) is 60.7 Å². The van der Waals surface area contributed by atoms with Gasteiger partial charge in [0.15, 0.2) is 0 Å². The van der Waals surface area contributed by atoms with Gasteiger partial charge in [-0.3, -0.25) is 8.74 Å². The Morgan fingerprint density at radius 2 is 1.06 bits per heavy atom. The first-order chi connectivity index (χ1) is 16.3. The van der Waals surface area contributed by atoms with Crippen molar-refractivity contribution in [2.24, 2.45) is 0 Å². The first-order valence-corrected chi connectivity index (χ1v) is 14.8. The first-order valence-electron chi connectivity index (χ1n) is 12.0. The van der Waals surface area contributed by atoms with Crippen molar-refractivity contribution < 1.29 is 25.6 Å². The van der Waals surface area contributed by atoms with E-state index >= 15 is 0 Å². The minimum atomic E-state index is -4.88. The Morgan fingerprint density at radius 3 is 1.49 bits per heavy atom. The van der Waals surface area contributed by atoms with Gasteiger partial charge in [-0.1, -0.05) is 125 Å². The molecule has 0 saturated heterocycles.